The van der Waals surface area contributed by atoms with Crippen LogP contribution in [0.25, 0.3) is 11.2 Å². The number of urea groups is 1. The Morgan fingerprint density at radius 3 is 2.70 bits per heavy atom. The lowest BCUT2D eigenvalue weighted by atomic mass is 9.96. The molecule has 0 radical (unpaired) electrons. The van der Waals surface area contributed by atoms with Gasteiger partial charge >= 0.3 is 6.03 Å². The molecule has 12 heteroatoms. The molecule has 1 fully saturated rings. The second-order valence-corrected chi connectivity index (χ2v) is 11.2. The van der Waals surface area contributed by atoms with Gasteiger partial charge in [-0.3, -0.25) is 0 Å². The number of rotatable bonds is 10. The Morgan fingerprint density at radius 1 is 1.02 bits per heavy atom. The summed E-state index contributed by atoms with van der Waals surface area (Å²) in [6, 6.07) is 12.5. The van der Waals surface area contributed by atoms with Crippen LogP contribution in [-0.4, -0.2) is 70.5 Å². The molecule has 1 aliphatic carbocycles. The summed E-state index contributed by atoms with van der Waals surface area (Å²) in [5.74, 6) is 2.21. The molecule has 2 amide bonds. The highest BCUT2D eigenvalue weighted by Gasteiger charge is 2.20. The standard InChI is InChI=1S/C31H37FN8O3/c1-38(13-14-39(2)31(41)35-24-9-4-3-5-10-24)30-36-28(33-17-21-11-12-25-26(16-21)43-20-42-25)27-29(37-30)40(19-34-27)18-22-7-6-8-23(32)15-22/h6-8,11-12,15-16,19,24H,3-5,9-10,13-14,17-18,20H2,1-2H3,(H,35,41)(H,33,36,37). The highest BCUT2D eigenvalue weighted by molar-refractivity contribution is 5.84. The number of ether oxygens (including phenoxy) is 2. The number of nitrogens with zero attached hydrogens (tertiary/aromatic N) is 6. The van der Waals surface area contributed by atoms with Crippen molar-refractivity contribution in [2.75, 3.05) is 44.2 Å². The molecule has 0 atom stereocenters. The molecule has 0 spiro atoms. The van der Waals surface area contributed by atoms with Gasteiger partial charge < -0.3 is 34.5 Å². The quantitative estimate of drug-likeness (QED) is 0.273. The van der Waals surface area contributed by atoms with Crippen LogP contribution in [0.3, 0.4) is 0 Å². The first-order valence-corrected chi connectivity index (χ1v) is 14.8. The van der Waals surface area contributed by atoms with Crippen LogP contribution < -0.4 is 25.0 Å². The van der Waals surface area contributed by atoms with E-state index in [0.717, 1.165) is 42.6 Å². The van der Waals surface area contributed by atoms with Crippen molar-refractivity contribution in [1.29, 1.82) is 0 Å². The van der Waals surface area contributed by atoms with Gasteiger partial charge in [-0.1, -0.05) is 37.5 Å². The summed E-state index contributed by atoms with van der Waals surface area (Å²) in [6.45, 7) is 2.13. The number of carbonyl (C=O) groups is 1. The number of benzene rings is 2. The van der Waals surface area contributed by atoms with Crippen molar-refractivity contribution in [3.05, 3.63) is 65.7 Å². The number of halogens is 1. The number of anilines is 2. The number of hydrogen-bond donors (Lipinski definition) is 2. The molecule has 1 aliphatic heterocycles. The molecule has 2 N–H and O–H groups in total. The Balaban J connectivity index is 1.21. The van der Waals surface area contributed by atoms with E-state index in [9.17, 15) is 9.18 Å². The van der Waals surface area contributed by atoms with Crippen LogP contribution >= 0.6 is 0 Å². The lowest BCUT2D eigenvalue weighted by Crippen LogP contribution is -2.45. The van der Waals surface area contributed by atoms with Crippen molar-refractivity contribution in [3.8, 4) is 11.5 Å². The van der Waals surface area contributed by atoms with Crippen LogP contribution in [0, 0.1) is 5.82 Å². The van der Waals surface area contributed by atoms with Gasteiger partial charge in [0, 0.05) is 39.8 Å². The number of fused-ring (bicyclic) bond motifs is 2. The van der Waals surface area contributed by atoms with E-state index in [4.69, 9.17) is 19.4 Å². The van der Waals surface area contributed by atoms with Crippen molar-refractivity contribution in [1.82, 2.24) is 29.7 Å². The van der Waals surface area contributed by atoms with Crippen molar-refractivity contribution >= 4 is 29.0 Å². The second-order valence-electron chi connectivity index (χ2n) is 11.2. The number of carbonyl (C=O) groups excluding carboxylic acids is 1. The zero-order valence-electron chi connectivity index (χ0n) is 24.6. The number of amides is 2. The molecule has 3 heterocycles. The summed E-state index contributed by atoms with van der Waals surface area (Å²) in [6.07, 6.45) is 7.35. The maximum atomic E-state index is 13.9. The Kier molecular flexibility index (Phi) is 8.43. The SMILES string of the molecule is CN(CCN(C)c1nc(NCc2ccc3c(c2)OCO3)c2ncn(Cc3cccc(F)c3)c2n1)C(=O)NC1CCCCC1. The smallest absolute Gasteiger partial charge is 0.317 e. The Morgan fingerprint density at radius 2 is 1.86 bits per heavy atom. The minimum atomic E-state index is -0.292. The van der Waals surface area contributed by atoms with Crippen LogP contribution in [0.1, 0.15) is 43.2 Å². The molecular formula is C31H37FN8O3. The average molecular weight is 589 g/mol. The molecule has 2 aromatic heterocycles. The van der Waals surface area contributed by atoms with Gasteiger partial charge in [-0.25, -0.2) is 14.2 Å². The normalized spacial score (nSPS) is 14.6. The van der Waals surface area contributed by atoms with E-state index in [-0.39, 0.29) is 24.7 Å². The predicted octanol–water partition coefficient (Wildman–Crippen LogP) is 4.76. The van der Waals surface area contributed by atoms with E-state index < -0.39 is 0 Å². The van der Waals surface area contributed by atoms with Gasteiger partial charge in [0.15, 0.2) is 28.5 Å². The number of likely N-dealkylation sites (N-methyl/N-ethyl adjacent to an activating group) is 2. The average Bonchev–Trinajstić information content (AvgIpc) is 3.65. The fourth-order valence-electron chi connectivity index (χ4n) is 5.44. The molecule has 6 rings (SSSR count). The number of imidazole rings is 1. The molecule has 0 saturated heterocycles. The first-order valence-electron chi connectivity index (χ1n) is 14.8. The van der Waals surface area contributed by atoms with Gasteiger partial charge in [-0.05, 0) is 48.2 Å². The summed E-state index contributed by atoms with van der Waals surface area (Å²) in [7, 11) is 3.71. The molecule has 43 heavy (non-hydrogen) atoms. The van der Waals surface area contributed by atoms with Crippen LogP contribution in [0.15, 0.2) is 48.8 Å². The minimum Gasteiger partial charge on any atom is -0.454 e. The summed E-state index contributed by atoms with van der Waals surface area (Å²) in [4.78, 5) is 30.7. The van der Waals surface area contributed by atoms with E-state index in [1.165, 1.54) is 18.6 Å². The second kappa shape index (κ2) is 12.7. The zero-order valence-corrected chi connectivity index (χ0v) is 24.6. The molecule has 11 nitrogen and oxygen atoms in total. The zero-order chi connectivity index (χ0) is 29.8. The van der Waals surface area contributed by atoms with Gasteiger partial charge in [0.2, 0.25) is 12.7 Å². The fourth-order valence-corrected chi connectivity index (χ4v) is 5.44. The van der Waals surface area contributed by atoms with Crippen LogP contribution in [0.4, 0.5) is 21.0 Å². The molecule has 226 valence electrons. The fraction of sp³-hybridized carbons (Fsp3) is 0.419. The number of nitrogens with one attached hydrogen (secondary N) is 2. The van der Waals surface area contributed by atoms with E-state index in [0.29, 0.717) is 54.9 Å². The lowest BCUT2D eigenvalue weighted by Gasteiger charge is -2.27. The van der Waals surface area contributed by atoms with Crippen molar-refractivity contribution in [2.24, 2.45) is 0 Å². The van der Waals surface area contributed by atoms with Crippen LogP contribution in [-0.2, 0) is 13.1 Å². The Hall–Kier alpha value is -4.61. The molecule has 0 unspecified atom stereocenters. The third-order valence-corrected chi connectivity index (χ3v) is 7.98. The monoisotopic (exact) mass is 588 g/mol. The van der Waals surface area contributed by atoms with E-state index in [1.54, 1.807) is 17.3 Å². The van der Waals surface area contributed by atoms with Gasteiger partial charge in [-0.2, -0.15) is 9.97 Å². The largest absolute Gasteiger partial charge is 0.454 e. The Labute approximate surface area is 250 Å². The highest BCUT2D eigenvalue weighted by Crippen LogP contribution is 2.33. The van der Waals surface area contributed by atoms with Gasteiger partial charge in [0.1, 0.15) is 5.82 Å². The van der Waals surface area contributed by atoms with Crippen molar-refractivity contribution in [3.63, 3.8) is 0 Å². The summed E-state index contributed by atoms with van der Waals surface area (Å²) >= 11 is 0. The van der Waals surface area contributed by atoms with Crippen molar-refractivity contribution in [2.45, 2.75) is 51.2 Å². The summed E-state index contributed by atoms with van der Waals surface area (Å²) in [5, 5.41) is 6.59. The molecule has 2 aliphatic rings. The lowest BCUT2D eigenvalue weighted by molar-refractivity contribution is 0.174. The summed E-state index contributed by atoms with van der Waals surface area (Å²) in [5.41, 5.74) is 3.03. The molecule has 1 saturated carbocycles. The topological polar surface area (TPSA) is 110 Å². The Bertz CT molecular complexity index is 1590. The first kappa shape index (κ1) is 28.5. The molecule has 4 aromatic rings. The third kappa shape index (κ3) is 6.73. The van der Waals surface area contributed by atoms with E-state index >= 15 is 0 Å². The van der Waals surface area contributed by atoms with Gasteiger partial charge in [0.05, 0.1) is 12.9 Å². The maximum absolute atomic E-state index is 13.9. The van der Waals surface area contributed by atoms with E-state index in [2.05, 4.69) is 15.6 Å². The van der Waals surface area contributed by atoms with Crippen LogP contribution in [0.2, 0.25) is 0 Å². The molecule has 2 aromatic carbocycles. The van der Waals surface area contributed by atoms with E-state index in [1.807, 2.05) is 47.8 Å². The van der Waals surface area contributed by atoms with Crippen LogP contribution in [0.5, 0.6) is 11.5 Å². The first-order chi connectivity index (χ1) is 20.9. The molecular weight excluding hydrogens is 551 g/mol. The van der Waals surface area contributed by atoms with Gasteiger partial charge in [-0.15, -0.1) is 0 Å². The summed E-state index contributed by atoms with van der Waals surface area (Å²) < 4.78 is 26.8. The maximum Gasteiger partial charge on any atom is 0.317 e. The predicted molar refractivity (Wildman–Crippen MR) is 162 cm³/mol. The highest BCUT2D eigenvalue weighted by atomic mass is 19.1. The van der Waals surface area contributed by atoms with Crippen molar-refractivity contribution < 1.29 is 18.7 Å². The number of hydrogen-bond acceptors (Lipinski definition) is 8. The molecule has 0 bridgehead atoms. The van der Waals surface area contributed by atoms with Gasteiger partial charge in [0.25, 0.3) is 0 Å². The number of aromatic nitrogens is 4. The minimum absolute atomic E-state index is 0.0593. The third-order valence-electron chi connectivity index (χ3n) is 7.98.